The van der Waals surface area contributed by atoms with Crippen molar-refractivity contribution in [2.24, 2.45) is 17.8 Å². The molecule has 2 amide bonds. The van der Waals surface area contributed by atoms with Gasteiger partial charge in [-0.15, -0.1) is 0 Å². The summed E-state index contributed by atoms with van der Waals surface area (Å²) in [6, 6.07) is -0.0274. The van der Waals surface area contributed by atoms with Crippen LogP contribution in [-0.4, -0.2) is 69.1 Å². The molecule has 2 aliphatic heterocycles. The number of hydrogen-bond acceptors (Lipinski definition) is 5. The quantitative estimate of drug-likeness (QED) is 0.462. The predicted molar refractivity (Wildman–Crippen MR) is 136 cm³/mol. The van der Waals surface area contributed by atoms with Crippen molar-refractivity contribution in [3.63, 3.8) is 0 Å². The van der Waals surface area contributed by atoms with Crippen LogP contribution in [0.1, 0.15) is 79.1 Å². The molecule has 8 atom stereocenters. The van der Waals surface area contributed by atoms with Crippen LogP contribution in [0.5, 0.6) is 0 Å². The summed E-state index contributed by atoms with van der Waals surface area (Å²) in [5.41, 5.74) is 3.12. The van der Waals surface area contributed by atoms with Crippen LogP contribution in [0.4, 0.5) is 0 Å². The fraction of sp³-hybridized carbons (Fsp3) is 0.880. The van der Waals surface area contributed by atoms with Crippen LogP contribution < -0.4 is 16.1 Å². The van der Waals surface area contributed by atoms with E-state index in [1.54, 1.807) is 6.92 Å². The van der Waals surface area contributed by atoms with Crippen molar-refractivity contribution in [3.8, 4) is 0 Å². The third kappa shape index (κ3) is 6.73. The number of hydrogen-bond donors (Lipinski definition) is 3. The maximum Gasteiger partial charge on any atom is 0.244 e. The van der Waals surface area contributed by atoms with Gasteiger partial charge in [0.1, 0.15) is 6.04 Å². The first-order valence-corrected chi connectivity index (χ1v) is 15.0. The third-order valence-corrected chi connectivity index (χ3v) is 11.0. The molecule has 3 rings (SSSR count). The fourth-order valence-corrected chi connectivity index (χ4v) is 8.16. The van der Waals surface area contributed by atoms with Gasteiger partial charge >= 0.3 is 0 Å². The molecule has 1 saturated carbocycles. The van der Waals surface area contributed by atoms with Gasteiger partial charge in [0.15, 0.2) is 0 Å². The summed E-state index contributed by atoms with van der Waals surface area (Å²) < 4.78 is 13.6. The molecule has 0 aromatic heterocycles. The molecule has 7 nitrogen and oxygen atoms in total. The molecule has 0 spiro atoms. The molecule has 3 aliphatic rings. The normalized spacial score (nSPS) is 36.1. The summed E-state index contributed by atoms with van der Waals surface area (Å²) in [4.78, 5) is 25.6. The van der Waals surface area contributed by atoms with Crippen LogP contribution in [0.3, 0.4) is 0 Å². The maximum atomic E-state index is 13.6. The van der Waals surface area contributed by atoms with E-state index < -0.39 is 15.6 Å². The summed E-state index contributed by atoms with van der Waals surface area (Å²) in [5.74, 6) is 5.21. The topological polar surface area (TPSA) is 90.5 Å². The van der Waals surface area contributed by atoms with Gasteiger partial charge in [0.25, 0.3) is 0 Å². The molecule has 3 N–H and O–H groups in total. The lowest BCUT2D eigenvalue weighted by atomic mass is 9.86. The first kappa shape index (κ1) is 26.5. The van der Waals surface area contributed by atoms with Crippen molar-refractivity contribution >= 4 is 27.2 Å². The highest BCUT2D eigenvalue weighted by Gasteiger charge is 2.38. The Balaban J connectivity index is 1.52. The highest BCUT2D eigenvalue weighted by Crippen LogP contribution is 2.31. The Bertz CT molecular complexity index is 781. The van der Waals surface area contributed by atoms with Gasteiger partial charge in [-0.05, 0) is 85.6 Å². The smallest absolute Gasteiger partial charge is 0.244 e. The maximum absolute atomic E-state index is 13.6. The summed E-state index contributed by atoms with van der Waals surface area (Å²) in [6.07, 6.45) is 8.30. The minimum atomic E-state index is -2.22. The molecule has 8 heteroatoms. The van der Waals surface area contributed by atoms with Gasteiger partial charge in [-0.1, -0.05) is 27.2 Å². The van der Waals surface area contributed by atoms with E-state index in [-0.39, 0.29) is 34.9 Å². The number of carbonyl (C=O) groups is 2. The minimum absolute atomic E-state index is 0.0139. The second-order valence-corrected chi connectivity index (χ2v) is 13.7. The number of rotatable bonds is 8. The number of amides is 2. The van der Waals surface area contributed by atoms with Gasteiger partial charge in [-0.2, -0.15) is 0 Å². The van der Waals surface area contributed by atoms with Crippen molar-refractivity contribution in [2.45, 2.75) is 102 Å². The molecule has 0 aromatic rings. The summed E-state index contributed by atoms with van der Waals surface area (Å²) >= 11 is 0. The molecule has 0 bridgehead atoms. The fourth-order valence-electron chi connectivity index (χ4n) is 5.63. The van der Waals surface area contributed by atoms with Gasteiger partial charge in [-0.25, -0.2) is 5.43 Å². The Morgan fingerprint density at radius 3 is 2.67 bits per heavy atom. The zero-order valence-corrected chi connectivity index (χ0v) is 21.9. The van der Waals surface area contributed by atoms with Crippen molar-refractivity contribution < 1.29 is 13.8 Å². The molecule has 0 aromatic carbocycles. The van der Waals surface area contributed by atoms with Crippen LogP contribution in [0, 0.1) is 17.8 Å². The number of nitrogens with zero attached hydrogens (tertiary/aromatic N) is 1. The van der Waals surface area contributed by atoms with Crippen LogP contribution in [0.2, 0.25) is 0 Å². The first-order valence-electron chi connectivity index (χ1n) is 13.0. The second-order valence-electron chi connectivity index (χ2n) is 10.9. The molecular formula is C25H46N4O3S. The molecule has 8 unspecified atom stereocenters. The number of nitrogens with one attached hydrogen (secondary N) is 3. The van der Waals surface area contributed by atoms with Crippen LogP contribution in [0.25, 0.3) is 0 Å². The van der Waals surface area contributed by atoms with E-state index in [2.05, 4.69) is 28.9 Å². The average molecular weight is 483 g/mol. The van der Waals surface area contributed by atoms with Gasteiger partial charge in [0.2, 0.25) is 11.8 Å². The Hall–Kier alpha value is -1.12. The van der Waals surface area contributed by atoms with Crippen molar-refractivity contribution in [2.75, 3.05) is 18.8 Å². The zero-order chi connectivity index (χ0) is 24.2. The van der Waals surface area contributed by atoms with Gasteiger partial charge < -0.3 is 10.6 Å². The first-order chi connectivity index (χ1) is 15.6. The number of hydrazine groups is 1. The average Bonchev–Trinajstić information content (AvgIpc) is 2.79. The molecule has 190 valence electrons. The predicted octanol–water partition coefficient (Wildman–Crippen LogP) is 2.31. The lowest BCUT2D eigenvalue weighted by Crippen LogP contribution is -2.61. The summed E-state index contributed by atoms with van der Waals surface area (Å²) in [5, 5.41) is 8.25. The SMILES string of the molecule is C=S(=O)(CCCC1CCCCN1)C1CC(NC(=O)C(C)N2NCC(C)C(C)C2=O)CCC1C. The Morgan fingerprint density at radius 2 is 1.97 bits per heavy atom. The highest BCUT2D eigenvalue weighted by molar-refractivity contribution is 8.00. The van der Waals surface area contributed by atoms with Gasteiger partial charge in [-0.3, -0.25) is 18.8 Å². The second kappa shape index (κ2) is 11.5. The monoisotopic (exact) mass is 482 g/mol. The van der Waals surface area contributed by atoms with Crippen LogP contribution in [-0.2, 0) is 19.1 Å². The number of piperidine rings is 1. The highest BCUT2D eigenvalue weighted by atomic mass is 32.2. The minimum Gasteiger partial charge on any atom is -0.351 e. The molecule has 0 radical (unpaired) electrons. The van der Waals surface area contributed by atoms with Crippen molar-refractivity contribution in [1.82, 2.24) is 21.1 Å². The van der Waals surface area contributed by atoms with E-state index in [1.165, 1.54) is 24.3 Å². The Kier molecular flexibility index (Phi) is 9.26. The van der Waals surface area contributed by atoms with E-state index in [0.29, 0.717) is 30.7 Å². The zero-order valence-electron chi connectivity index (χ0n) is 21.1. The van der Waals surface area contributed by atoms with E-state index in [0.717, 1.165) is 32.2 Å². The van der Waals surface area contributed by atoms with E-state index >= 15 is 0 Å². The van der Waals surface area contributed by atoms with Crippen LogP contribution >= 0.6 is 0 Å². The molecule has 2 saturated heterocycles. The molecule has 3 fully saturated rings. The van der Waals surface area contributed by atoms with Gasteiger partial charge in [0, 0.05) is 35.5 Å². The standard InChI is InChI=1S/C25H46N4O3S/c1-17-11-12-22(28-24(30)20(4)29-25(31)19(3)18(2)16-27-29)15-23(17)33(5,32)14-8-10-21-9-6-7-13-26-21/h17-23,26-27H,5-16H2,1-4H3,(H,28,30). The lowest BCUT2D eigenvalue weighted by Gasteiger charge is -2.40. The molecular weight excluding hydrogens is 436 g/mol. The Labute approximate surface area is 201 Å². The van der Waals surface area contributed by atoms with Crippen molar-refractivity contribution in [1.29, 1.82) is 0 Å². The van der Waals surface area contributed by atoms with Crippen LogP contribution in [0.15, 0.2) is 0 Å². The molecule has 33 heavy (non-hydrogen) atoms. The van der Waals surface area contributed by atoms with Crippen molar-refractivity contribution in [3.05, 3.63) is 0 Å². The van der Waals surface area contributed by atoms with E-state index in [4.69, 9.17) is 0 Å². The molecule has 1 aliphatic carbocycles. The largest absolute Gasteiger partial charge is 0.351 e. The lowest BCUT2D eigenvalue weighted by molar-refractivity contribution is -0.152. The summed E-state index contributed by atoms with van der Waals surface area (Å²) in [7, 11) is -2.22. The number of carbonyl (C=O) groups excluding carboxylic acids is 2. The summed E-state index contributed by atoms with van der Waals surface area (Å²) in [6.45, 7) is 9.71. The van der Waals surface area contributed by atoms with E-state index in [9.17, 15) is 13.8 Å². The van der Waals surface area contributed by atoms with E-state index in [1.807, 2.05) is 13.8 Å². The molecule has 2 heterocycles. The Morgan fingerprint density at radius 1 is 1.21 bits per heavy atom. The third-order valence-electron chi connectivity index (χ3n) is 8.31. The van der Waals surface area contributed by atoms with Gasteiger partial charge in [0.05, 0.1) is 0 Å².